The van der Waals surface area contributed by atoms with Crippen LogP contribution in [-0.4, -0.2) is 34.4 Å². The van der Waals surface area contributed by atoms with E-state index in [9.17, 15) is 4.79 Å². The molecule has 5 heteroatoms. The number of hydrogen-bond acceptors (Lipinski definition) is 3. The lowest BCUT2D eigenvalue weighted by Gasteiger charge is -2.18. The Morgan fingerprint density at radius 3 is 2.91 bits per heavy atom. The number of nitrogens with one attached hydrogen (secondary N) is 1. The van der Waals surface area contributed by atoms with Crippen molar-refractivity contribution in [2.75, 3.05) is 13.6 Å². The van der Waals surface area contributed by atoms with Gasteiger partial charge in [-0.2, -0.15) is 0 Å². The van der Waals surface area contributed by atoms with Crippen LogP contribution in [0.5, 0.6) is 0 Å². The Kier molecular flexibility index (Phi) is 3.98. The van der Waals surface area contributed by atoms with Crippen molar-refractivity contribution in [2.24, 2.45) is 5.92 Å². The van der Waals surface area contributed by atoms with Crippen molar-refractivity contribution in [1.82, 2.24) is 14.9 Å². The second kappa shape index (κ2) is 5.93. The van der Waals surface area contributed by atoms with E-state index in [0.29, 0.717) is 5.92 Å². The van der Waals surface area contributed by atoms with Crippen LogP contribution in [0.1, 0.15) is 23.5 Å². The summed E-state index contributed by atoms with van der Waals surface area (Å²) in [5.41, 5.74) is 1.98. The fourth-order valence-electron chi connectivity index (χ4n) is 2.59. The summed E-state index contributed by atoms with van der Waals surface area (Å²) in [6.45, 7) is 5.00. The van der Waals surface area contributed by atoms with E-state index in [1.165, 1.54) is 11.3 Å². The van der Waals surface area contributed by atoms with Gasteiger partial charge in [0, 0.05) is 41.8 Å². The van der Waals surface area contributed by atoms with Gasteiger partial charge in [0.05, 0.1) is 4.88 Å². The molecule has 0 saturated carbocycles. The zero-order valence-electron chi connectivity index (χ0n) is 13.0. The highest BCUT2D eigenvalue weighted by Gasteiger charge is 2.16. The van der Waals surface area contributed by atoms with Crippen LogP contribution in [0.4, 0.5) is 0 Å². The van der Waals surface area contributed by atoms with E-state index in [-0.39, 0.29) is 5.91 Å². The molecule has 3 aromatic heterocycles. The number of carbonyl (C=O) groups is 1. The monoisotopic (exact) mass is 313 g/mol. The molecule has 0 radical (unpaired) electrons. The topological polar surface area (TPSA) is 49.0 Å². The molecule has 0 atom stereocenters. The molecule has 3 heterocycles. The third kappa shape index (κ3) is 2.76. The van der Waals surface area contributed by atoms with Crippen molar-refractivity contribution in [2.45, 2.75) is 13.8 Å². The maximum Gasteiger partial charge on any atom is 0.263 e. The first-order valence-corrected chi connectivity index (χ1v) is 8.15. The fraction of sp³-hybridized carbons (Fsp3) is 0.294. The lowest BCUT2D eigenvalue weighted by molar-refractivity contribution is 0.0784. The van der Waals surface area contributed by atoms with Crippen LogP contribution in [0.25, 0.3) is 21.5 Å². The molecule has 3 aromatic rings. The van der Waals surface area contributed by atoms with Crippen molar-refractivity contribution in [3.8, 4) is 10.4 Å². The van der Waals surface area contributed by atoms with Crippen LogP contribution in [0.3, 0.4) is 0 Å². The Balaban J connectivity index is 1.91. The zero-order chi connectivity index (χ0) is 15.7. The highest BCUT2D eigenvalue weighted by Crippen LogP contribution is 2.33. The number of hydrogen-bond donors (Lipinski definition) is 1. The second-order valence-corrected chi connectivity index (χ2v) is 6.93. The summed E-state index contributed by atoms with van der Waals surface area (Å²) in [6, 6.07) is 7.94. The van der Waals surface area contributed by atoms with Crippen molar-refractivity contribution in [1.29, 1.82) is 0 Å². The smallest absolute Gasteiger partial charge is 0.263 e. The van der Waals surface area contributed by atoms with Crippen molar-refractivity contribution < 1.29 is 4.79 Å². The molecule has 22 heavy (non-hydrogen) atoms. The van der Waals surface area contributed by atoms with Gasteiger partial charge in [-0.15, -0.1) is 11.3 Å². The predicted molar refractivity (Wildman–Crippen MR) is 91.2 cm³/mol. The van der Waals surface area contributed by atoms with E-state index < -0.39 is 0 Å². The van der Waals surface area contributed by atoms with Crippen molar-refractivity contribution >= 4 is 28.3 Å². The molecule has 0 aliphatic carbocycles. The molecular weight excluding hydrogens is 294 g/mol. The number of thiophene rings is 1. The number of carbonyl (C=O) groups excluding carboxylic acids is 1. The van der Waals surface area contributed by atoms with Gasteiger partial charge in [-0.05, 0) is 30.2 Å². The first-order valence-electron chi connectivity index (χ1n) is 7.34. The van der Waals surface area contributed by atoms with Gasteiger partial charge in [0.25, 0.3) is 5.91 Å². The van der Waals surface area contributed by atoms with E-state index >= 15 is 0 Å². The minimum absolute atomic E-state index is 0.0873. The fourth-order valence-corrected chi connectivity index (χ4v) is 3.63. The number of nitrogens with zero attached hydrogens (tertiary/aromatic N) is 2. The number of fused-ring (bicyclic) bond motifs is 1. The van der Waals surface area contributed by atoms with Gasteiger partial charge >= 0.3 is 0 Å². The molecule has 0 fully saturated rings. The van der Waals surface area contributed by atoms with Gasteiger partial charge in [-0.25, -0.2) is 4.98 Å². The quantitative estimate of drug-likeness (QED) is 0.791. The molecule has 0 saturated heterocycles. The van der Waals surface area contributed by atoms with Crippen LogP contribution < -0.4 is 0 Å². The zero-order valence-corrected chi connectivity index (χ0v) is 13.8. The molecule has 1 N–H and O–H groups in total. The van der Waals surface area contributed by atoms with Gasteiger partial charge in [-0.3, -0.25) is 4.79 Å². The molecule has 0 spiro atoms. The Morgan fingerprint density at radius 2 is 2.14 bits per heavy atom. The van der Waals surface area contributed by atoms with E-state index in [1.54, 1.807) is 11.1 Å². The van der Waals surface area contributed by atoms with Crippen molar-refractivity contribution in [3.05, 3.63) is 41.5 Å². The number of pyridine rings is 1. The van der Waals surface area contributed by atoms with Gasteiger partial charge in [0.1, 0.15) is 5.65 Å². The van der Waals surface area contributed by atoms with Gasteiger partial charge in [0.2, 0.25) is 0 Å². The molecule has 0 bridgehead atoms. The highest BCUT2D eigenvalue weighted by molar-refractivity contribution is 7.17. The van der Waals surface area contributed by atoms with Crippen LogP contribution in [0, 0.1) is 5.92 Å². The summed E-state index contributed by atoms with van der Waals surface area (Å²) in [6.07, 6.45) is 3.68. The molecule has 4 nitrogen and oxygen atoms in total. The van der Waals surface area contributed by atoms with E-state index in [2.05, 4.69) is 23.8 Å². The third-order valence-corrected chi connectivity index (χ3v) is 4.63. The van der Waals surface area contributed by atoms with Crippen LogP contribution in [-0.2, 0) is 0 Å². The normalized spacial score (nSPS) is 11.3. The summed E-state index contributed by atoms with van der Waals surface area (Å²) >= 11 is 1.53. The molecular formula is C17H19N3OS. The molecule has 3 rings (SSSR count). The summed E-state index contributed by atoms with van der Waals surface area (Å²) in [5.74, 6) is 0.553. The molecule has 0 unspecified atom stereocenters. The number of aromatic nitrogens is 2. The van der Waals surface area contributed by atoms with E-state index in [0.717, 1.165) is 32.9 Å². The highest BCUT2D eigenvalue weighted by atomic mass is 32.1. The summed E-state index contributed by atoms with van der Waals surface area (Å²) < 4.78 is 0. The number of H-pyrrole nitrogens is 1. The summed E-state index contributed by atoms with van der Waals surface area (Å²) in [4.78, 5) is 23.5. The standard InChI is InChI=1S/C17H19N3OS/c1-11(2)10-20(3)17(21)15-5-4-14(22-15)12-6-8-18-16-13(12)7-9-19-16/h4-9,11H,10H2,1-3H3,(H,18,19). The summed E-state index contributed by atoms with van der Waals surface area (Å²) in [7, 11) is 1.86. The minimum Gasteiger partial charge on any atom is -0.346 e. The van der Waals surface area contributed by atoms with Crippen molar-refractivity contribution in [3.63, 3.8) is 0 Å². The van der Waals surface area contributed by atoms with Gasteiger partial charge in [0.15, 0.2) is 0 Å². The maximum atomic E-state index is 12.5. The first kappa shape index (κ1) is 14.8. The third-order valence-electron chi connectivity index (χ3n) is 3.53. The number of rotatable bonds is 4. The Morgan fingerprint density at radius 1 is 1.32 bits per heavy atom. The molecule has 0 aromatic carbocycles. The van der Waals surface area contributed by atoms with Crippen LogP contribution in [0.15, 0.2) is 36.7 Å². The lowest BCUT2D eigenvalue weighted by Crippen LogP contribution is -2.29. The SMILES string of the molecule is CC(C)CN(C)C(=O)c1ccc(-c2ccnc3[nH]ccc23)s1. The molecule has 0 aliphatic rings. The predicted octanol–water partition coefficient (Wildman–Crippen LogP) is 4.02. The average molecular weight is 313 g/mol. The summed E-state index contributed by atoms with van der Waals surface area (Å²) in [5, 5.41) is 1.08. The molecule has 114 valence electrons. The van der Waals surface area contributed by atoms with E-state index in [1.807, 2.05) is 37.5 Å². The second-order valence-electron chi connectivity index (χ2n) is 5.84. The minimum atomic E-state index is 0.0873. The molecule has 1 amide bonds. The Bertz CT molecular complexity index is 803. The first-order chi connectivity index (χ1) is 10.6. The van der Waals surface area contributed by atoms with Crippen LogP contribution in [0.2, 0.25) is 0 Å². The average Bonchev–Trinajstić information content (AvgIpc) is 3.14. The Hall–Kier alpha value is -2.14. The maximum absolute atomic E-state index is 12.5. The number of aromatic amines is 1. The molecule has 0 aliphatic heterocycles. The number of amides is 1. The largest absolute Gasteiger partial charge is 0.346 e. The van der Waals surface area contributed by atoms with Gasteiger partial charge in [-0.1, -0.05) is 13.8 Å². The van der Waals surface area contributed by atoms with Gasteiger partial charge < -0.3 is 9.88 Å². The van der Waals surface area contributed by atoms with E-state index in [4.69, 9.17) is 0 Å². The lowest BCUT2D eigenvalue weighted by atomic mass is 10.1. The van der Waals surface area contributed by atoms with Crippen LogP contribution >= 0.6 is 11.3 Å². The Labute approximate surface area is 133 Å².